The molecule has 0 unspecified atom stereocenters. The fourth-order valence-corrected chi connectivity index (χ4v) is 3.41. The number of likely N-dealkylation sites (tertiary alicyclic amines) is 1. The molecular formula is C16H21Cl2N2O3+. The van der Waals surface area contributed by atoms with Crippen molar-refractivity contribution in [2.75, 3.05) is 25.5 Å². The second-order valence-corrected chi connectivity index (χ2v) is 6.70. The molecule has 0 bridgehead atoms. The number of halogens is 2. The summed E-state index contributed by atoms with van der Waals surface area (Å²) in [4.78, 5) is 25.1. The summed E-state index contributed by atoms with van der Waals surface area (Å²) >= 11 is 11.9. The lowest BCUT2D eigenvalue weighted by Crippen LogP contribution is -3.17. The SMILES string of the molecule is COC(=O)C1CC[NH+]([C@H](C)C(=O)Nc2cc(Cl)cc(Cl)c2)CC1. The summed E-state index contributed by atoms with van der Waals surface area (Å²) in [5.74, 6) is -0.296. The summed E-state index contributed by atoms with van der Waals surface area (Å²) in [6, 6.07) is 4.73. The van der Waals surface area contributed by atoms with E-state index in [1.807, 2.05) is 6.92 Å². The Morgan fingerprint density at radius 2 is 1.78 bits per heavy atom. The first-order valence-corrected chi connectivity index (χ1v) is 8.35. The third-order valence-electron chi connectivity index (χ3n) is 4.30. The Hall–Kier alpha value is -1.30. The maximum atomic E-state index is 12.4. The maximum absolute atomic E-state index is 12.4. The zero-order valence-electron chi connectivity index (χ0n) is 13.2. The molecule has 0 radical (unpaired) electrons. The number of hydrogen-bond donors (Lipinski definition) is 2. The zero-order valence-corrected chi connectivity index (χ0v) is 14.7. The molecule has 1 aromatic carbocycles. The lowest BCUT2D eigenvalue weighted by atomic mass is 9.96. The fraction of sp³-hybridized carbons (Fsp3) is 0.500. The van der Waals surface area contributed by atoms with E-state index in [-0.39, 0.29) is 23.8 Å². The minimum absolute atomic E-state index is 0.0502. The molecule has 1 amide bonds. The van der Waals surface area contributed by atoms with Crippen LogP contribution in [0.5, 0.6) is 0 Å². The summed E-state index contributed by atoms with van der Waals surface area (Å²) in [6.45, 7) is 3.42. The van der Waals surface area contributed by atoms with E-state index >= 15 is 0 Å². The average Bonchev–Trinajstić information content (AvgIpc) is 2.52. The zero-order chi connectivity index (χ0) is 17.0. The Labute approximate surface area is 145 Å². The number of anilines is 1. The van der Waals surface area contributed by atoms with Crippen LogP contribution in [0.2, 0.25) is 10.0 Å². The molecule has 0 aliphatic carbocycles. The smallest absolute Gasteiger partial charge is 0.309 e. The van der Waals surface area contributed by atoms with Gasteiger partial charge in [0.25, 0.3) is 5.91 Å². The highest BCUT2D eigenvalue weighted by atomic mass is 35.5. The lowest BCUT2D eigenvalue weighted by molar-refractivity contribution is -0.919. The quantitative estimate of drug-likeness (QED) is 0.805. The van der Waals surface area contributed by atoms with E-state index in [1.165, 1.54) is 7.11 Å². The van der Waals surface area contributed by atoms with Crippen LogP contribution in [-0.2, 0) is 14.3 Å². The van der Waals surface area contributed by atoms with Crippen molar-refractivity contribution in [1.82, 2.24) is 0 Å². The highest BCUT2D eigenvalue weighted by Crippen LogP contribution is 2.22. The van der Waals surface area contributed by atoms with Gasteiger partial charge in [-0.15, -0.1) is 0 Å². The molecule has 126 valence electrons. The number of quaternary nitrogens is 1. The molecule has 7 heteroatoms. The van der Waals surface area contributed by atoms with Gasteiger partial charge >= 0.3 is 5.97 Å². The van der Waals surface area contributed by atoms with Crippen LogP contribution in [0.15, 0.2) is 18.2 Å². The second kappa shape index (κ2) is 7.99. The summed E-state index contributed by atoms with van der Waals surface area (Å²) in [5, 5.41) is 3.80. The molecular weight excluding hydrogens is 339 g/mol. The van der Waals surface area contributed by atoms with Gasteiger partial charge in [-0.2, -0.15) is 0 Å². The van der Waals surface area contributed by atoms with Crippen LogP contribution in [-0.4, -0.2) is 38.1 Å². The third kappa shape index (κ3) is 4.83. The minimum Gasteiger partial charge on any atom is -0.469 e. The molecule has 0 aromatic heterocycles. The number of amides is 1. The monoisotopic (exact) mass is 359 g/mol. The molecule has 1 aromatic rings. The standard InChI is InChI=1S/C16H20Cl2N2O3/c1-10(20-5-3-11(4-6-20)16(22)23-2)15(21)19-14-8-12(17)7-13(18)9-14/h7-11H,3-6H2,1-2H3,(H,19,21)/p+1/t10-/m1/s1. The number of carbonyl (C=O) groups is 2. The number of esters is 1. The van der Waals surface area contributed by atoms with Gasteiger partial charge in [0.05, 0.1) is 26.1 Å². The predicted molar refractivity (Wildman–Crippen MR) is 90.0 cm³/mol. The number of rotatable bonds is 4. The maximum Gasteiger partial charge on any atom is 0.309 e. The highest BCUT2D eigenvalue weighted by molar-refractivity contribution is 6.35. The van der Waals surface area contributed by atoms with Crippen LogP contribution in [0.1, 0.15) is 19.8 Å². The van der Waals surface area contributed by atoms with Gasteiger partial charge < -0.3 is 15.0 Å². The Morgan fingerprint density at radius 3 is 2.30 bits per heavy atom. The van der Waals surface area contributed by atoms with Crippen LogP contribution in [0, 0.1) is 5.92 Å². The van der Waals surface area contributed by atoms with E-state index in [1.54, 1.807) is 18.2 Å². The van der Waals surface area contributed by atoms with Crippen molar-refractivity contribution in [2.24, 2.45) is 5.92 Å². The van der Waals surface area contributed by atoms with Gasteiger partial charge in [-0.1, -0.05) is 23.2 Å². The third-order valence-corrected chi connectivity index (χ3v) is 4.73. The Bertz CT molecular complexity index is 566. The van der Waals surface area contributed by atoms with Gasteiger partial charge in [0.2, 0.25) is 0 Å². The van der Waals surface area contributed by atoms with Crippen molar-refractivity contribution in [1.29, 1.82) is 0 Å². The summed E-state index contributed by atoms with van der Waals surface area (Å²) in [5.41, 5.74) is 0.586. The number of nitrogens with one attached hydrogen (secondary N) is 2. The van der Waals surface area contributed by atoms with Crippen LogP contribution in [0.4, 0.5) is 5.69 Å². The fourth-order valence-electron chi connectivity index (χ4n) is 2.89. The Morgan fingerprint density at radius 1 is 1.22 bits per heavy atom. The summed E-state index contributed by atoms with van der Waals surface area (Å²) in [7, 11) is 1.41. The molecule has 1 aliphatic rings. The number of hydrogen-bond acceptors (Lipinski definition) is 3. The van der Waals surface area contributed by atoms with E-state index in [0.29, 0.717) is 15.7 Å². The van der Waals surface area contributed by atoms with Crippen LogP contribution in [0.25, 0.3) is 0 Å². The van der Waals surface area contributed by atoms with Gasteiger partial charge in [0.15, 0.2) is 6.04 Å². The molecule has 5 nitrogen and oxygen atoms in total. The van der Waals surface area contributed by atoms with Gasteiger partial charge in [0.1, 0.15) is 0 Å². The van der Waals surface area contributed by atoms with Gasteiger partial charge in [-0.25, -0.2) is 0 Å². The van der Waals surface area contributed by atoms with Gasteiger partial charge in [0, 0.05) is 28.6 Å². The normalized spacial score (nSPS) is 22.3. The molecule has 0 saturated carbocycles. The van der Waals surface area contributed by atoms with E-state index in [9.17, 15) is 9.59 Å². The van der Waals surface area contributed by atoms with Crippen molar-refractivity contribution in [2.45, 2.75) is 25.8 Å². The van der Waals surface area contributed by atoms with Crippen LogP contribution < -0.4 is 10.2 Å². The van der Waals surface area contributed by atoms with Crippen molar-refractivity contribution in [3.63, 3.8) is 0 Å². The van der Waals surface area contributed by atoms with Gasteiger partial charge in [-0.05, 0) is 25.1 Å². The Balaban J connectivity index is 1.91. The molecule has 1 saturated heterocycles. The van der Waals surface area contributed by atoms with Crippen molar-refractivity contribution in [3.8, 4) is 0 Å². The van der Waals surface area contributed by atoms with Crippen molar-refractivity contribution >= 4 is 40.8 Å². The first-order valence-electron chi connectivity index (χ1n) is 7.60. The van der Waals surface area contributed by atoms with E-state index in [4.69, 9.17) is 27.9 Å². The molecule has 2 N–H and O–H groups in total. The van der Waals surface area contributed by atoms with E-state index < -0.39 is 0 Å². The van der Waals surface area contributed by atoms with Crippen molar-refractivity contribution < 1.29 is 19.2 Å². The number of benzene rings is 1. The number of methoxy groups -OCH3 is 1. The topological polar surface area (TPSA) is 59.8 Å². The highest BCUT2D eigenvalue weighted by Gasteiger charge is 2.33. The molecule has 2 rings (SSSR count). The number of carbonyl (C=O) groups excluding carboxylic acids is 2. The van der Waals surface area contributed by atoms with Gasteiger partial charge in [-0.3, -0.25) is 9.59 Å². The molecule has 1 heterocycles. The predicted octanol–water partition coefficient (Wildman–Crippen LogP) is 1.79. The summed E-state index contributed by atoms with van der Waals surface area (Å²) in [6.07, 6.45) is 1.48. The molecule has 1 atom stereocenters. The average molecular weight is 360 g/mol. The van der Waals surface area contributed by atoms with E-state index in [2.05, 4.69) is 5.32 Å². The van der Waals surface area contributed by atoms with Crippen LogP contribution in [0.3, 0.4) is 0 Å². The lowest BCUT2D eigenvalue weighted by Gasteiger charge is -2.31. The molecule has 0 spiro atoms. The second-order valence-electron chi connectivity index (χ2n) is 5.82. The van der Waals surface area contributed by atoms with Crippen molar-refractivity contribution in [3.05, 3.63) is 28.2 Å². The molecule has 23 heavy (non-hydrogen) atoms. The number of ether oxygens (including phenoxy) is 1. The first-order chi connectivity index (χ1) is 10.9. The minimum atomic E-state index is -0.216. The Kier molecular flexibility index (Phi) is 6.27. The number of piperidine rings is 1. The van der Waals surface area contributed by atoms with Crippen LogP contribution >= 0.6 is 23.2 Å². The van der Waals surface area contributed by atoms with E-state index in [0.717, 1.165) is 30.8 Å². The molecule has 1 aliphatic heterocycles. The molecule has 1 fully saturated rings. The largest absolute Gasteiger partial charge is 0.469 e. The first kappa shape index (κ1) is 18.0. The summed E-state index contributed by atoms with van der Waals surface area (Å²) < 4.78 is 4.78.